The number of benzene rings is 1. The number of para-hydroxylation sites is 1. The molecule has 4 nitrogen and oxygen atoms in total. The van der Waals surface area contributed by atoms with Crippen molar-refractivity contribution in [1.82, 2.24) is 4.98 Å². The molecule has 3 aromatic rings. The SMILES string of the molecule is Cc1cc(NC(CCO)c2ccco2)c2cccc(F)c2n1. The molecule has 5 heteroatoms. The first-order valence-electron chi connectivity index (χ1n) is 7.15. The first-order valence-corrected chi connectivity index (χ1v) is 7.15. The summed E-state index contributed by atoms with van der Waals surface area (Å²) < 4.78 is 19.4. The number of rotatable bonds is 5. The summed E-state index contributed by atoms with van der Waals surface area (Å²) in [6, 6.07) is 10.2. The van der Waals surface area contributed by atoms with Crippen LogP contribution in [0.1, 0.15) is 23.9 Å². The van der Waals surface area contributed by atoms with Crippen LogP contribution >= 0.6 is 0 Å². The lowest BCUT2D eigenvalue weighted by Gasteiger charge is -2.19. The molecule has 0 aliphatic rings. The van der Waals surface area contributed by atoms with E-state index in [1.165, 1.54) is 6.07 Å². The molecular weight excluding hydrogens is 283 g/mol. The molecule has 2 heterocycles. The number of nitrogens with one attached hydrogen (secondary N) is 1. The summed E-state index contributed by atoms with van der Waals surface area (Å²) in [7, 11) is 0. The van der Waals surface area contributed by atoms with E-state index in [-0.39, 0.29) is 18.5 Å². The molecule has 22 heavy (non-hydrogen) atoms. The maximum absolute atomic E-state index is 14.0. The van der Waals surface area contributed by atoms with Crippen LogP contribution in [0.3, 0.4) is 0 Å². The largest absolute Gasteiger partial charge is 0.467 e. The number of fused-ring (bicyclic) bond motifs is 1. The molecule has 1 atom stereocenters. The molecule has 0 bridgehead atoms. The Balaban J connectivity index is 2.03. The van der Waals surface area contributed by atoms with Gasteiger partial charge in [-0.2, -0.15) is 0 Å². The van der Waals surface area contributed by atoms with Gasteiger partial charge < -0.3 is 14.8 Å². The van der Waals surface area contributed by atoms with Gasteiger partial charge in [0.15, 0.2) is 0 Å². The molecule has 0 fully saturated rings. The normalized spacial score (nSPS) is 12.5. The van der Waals surface area contributed by atoms with Crippen molar-refractivity contribution >= 4 is 16.6 Å². The zero-order valence-electron chi connectivity index (χ0n) is 12.2. The molecule has 114 valence electrons. The van der Waals surface area contributed by atoms with Crippen molar-refractivity contribution in [3.8, 4) is 0 Å². The summed E-state index contributed by atoms with van der Waals surface area (Å²) in [4.78, 5) is 4.26. The van der Waals surface area contributed by atoms with Crippen LogP contribution in [0.2, 0.25) is 0 Å². The summed E-state index contributed by atoms with van der Waals surface area (Å²) in [6.07, 6.45) is 2.09. The lowest BCUT2D eigenvalue weighted by atomic mass is 10.1. The molecule has 1 aromatic carbocycles. The minimum absolute atomic E-state index is 0.0225. The molecule has 1 unspecified atom stereocenters. The standard InChI is InChI=1S/C17H17FN2O2/c1-11-10-15(12-4-2-5-13(18)17(12)19-11)20-14(7-8-21)16-6-3-9-22-16/h2-6,9-10,14,21H,7-8H2,1H3,(H,19,20). The zero-order valence-corrected chi connectivity index (χ0v) is 12.2. The number of hydrogen-bond acceptors (Lipinski definition) is 4. The number of furan rings is 1. The summed E-state index contributed by atoms with van der Waals surface area (Å²) >= 11 is 0. The number of aliphatic hydroxyl groups excluding tert-OH is 1. The maximum atomic E-state index is 14.0. The van der Waals surface area contributed by atoms with Gasteiger partial charge in [0.25, 0.3) is 0 Å². The van der Waals surface area contributed by atoms with E-state index >= 15 is 0 Å². The third kappa shape index (κ3) is 2.80. The summed E-state index contributed by atoms with van der Waals surface area (Å²) in [5.41, 5.74) is 1.84. The Morgan fingerprint density at radius 3 is 2.91 bits per heavy atom. The van der Waals surface area contributed by atoms with Gasteiger partial charge in [0, 0.05) is 23.4 Å². The molecule has 0 saturated heterocycles. The van der Waals surface area contributed by atoms with E-state index in [2.05, 4.69) is 10.3 Å². The Hall–Kier alpha value is -2.40. The molecule has 0 aliphatic heterocycles. The predicted molar refractivity (Wildman–Crippen MR) is 83.2 cm³/mol. The lowest BCUT2D eigenvalue weighted by molar-refractivity contribution is 0.273. The van der Waals surface area contributed by atoms with Gasteiger partial charge in [0.1, 0.15) is 17.1 Å². The average Bonchev–Trinajstić information content (AvgIpc) is 3.02. The first-order chi connectivity index (χ1) is 10.7. The number of aromatic nitrogens is 1. The van der Waals surface area contributed by atoms with Crippen LogP contribution in [0.4, 0.5) is 10.1 Å². The molecule has 0 saturated carbocycles. The molecule has 2 aromatic heterocycles. The zero-order chi connectivity index (χ0) is 15.5. The second-order valence-electron chi connectivity index (χ2n) is 5.17. The van der Waals surface area contributed by atoms with Crippen LogP contribution < -0.4 is 5.32 Å². The Kier molecular flexibility index (Phi) is 4.06. The average molecular weight is 300 g/mol. The second-order valence-corrected chi connectivity index (χ2v) is 5.17. The van der Waals surface area contributed by atoms with Crippen molar-refractivity contribution in [3.05, 3.63) is 59.9 Å². The van der Waals surface area contributed by atoms with Crippen molar-refractivity contribution < 1.29 is 13.9 Å². The molecule has 0 spiro atoms. The third-order valence-corrected chi connectivity index (χ3v) is 3.55. The monoisotopic (exact) mass is 300 g/mol. The lowest BCUT2D eigenvalue weighted by Crippen LogP contribution is -2.12. The van der Waals surface area contributed by atoms with Gasteiger partial charge in [-0.15, -0.1) is 0 Å². The van der Waals surface area contributed by atoms with E-state index < -0.39 is 0 Å². The van der Waals surface area contributed by atoms with Crippen molar-refractivity contribution in [2.24, 2.45) is 0 Å². The van der Waals surface area contributed by atoms with E-state index in [9.17, 15) is 9.50 Å². The quantitative estimate of drug-likeness (QED) is 0.752. The first kappa shape index (κ1) is 14.5. The number of pyridine rings is 1. The molecular formula is C17H17FN2O2. The van der Waals surface area contributed by atoms with Crippen molar-refractivity contribution in [2.75, 3.05) is 11.9 Å². The van der Waals surface area contributed by atoms with Crippen LogP contribution in [-0.2, 0) is 0 Å². The molecule has 0 amide bonds. The fraction of sp³-hybridized carbons (Fsp3) is 0.235. The number of nitrogens with zero attached hydrogens (tertiary/aromatic N) is 1. The minimum Gasteiger partial charge on any atom is -0.467 e. The van der Waals surface area contributed by atoms with E-state index in [0.29, 0.717) is 17.3 Å². The van der Waals surface area contributed by atoms with Gasteiger partial charge in [-0.1, -0.05) is 12.1 Å². The van der Waals surface area contributed by atoms with Crippen LogP contribution in [0, 0.1) is 12.7 Å². The number of hydrogen-bond donors (Lipinski definition) is 2. The highest BCUT2D eigenvalue weighted by Gasteiger charge is 2.16. The Morgan fingerprint density at radius 1 is 1.32 bits per heavy atom. The molecule has 3 rings (SSSR count). The van der Waals surface area contributed by atoms with Gasteiger partial charge in [-0.05, 0) is 37.6 Å². The fourth-order valence-corrected chi connectivity index (χ4v) is 2.55. The molecule has 2 N–H and O–H groups in total. The molecule has 0 aliphatic carbocycles. The minimum atomic E-state index is -0.346. The predicted octanol–water partition coefficient (Wildman–Crippen LogP) is 3.81. The van der Waals surface area contributed by atoms with Gasteiger partial charge >= 0.3 is 0 Å². The van der Waals surface area contributed by atoms with Gasteiger partial charge in [0.05, 0.1) is 12.3 Å². The van der Waals surface area contributed by atoms with Crippen LogP contribution in [-0.4, -0.2) is 16.7 Å². The fourth-order valence-electron chi connectivity index (χ4n) is 2.55. The molecule has 0 radical (unpaired) electrons. The number of aryl methyl sites for hydroxylation is 1. The summed E-state index contributed by atoms with van der Waals surface area (Å²) in [5.74, 6) is 0.383. The maximum Gasteiger partial charge on any atom is 0.149 e. The van der Waals surface area contributed by atoms with Crippen LogP contribution in [0.15, 0.2) is 47.1 Å². The number of anilines is 1. The van der Waals surface area contributed by atoms with E-state index in [0.717, 1.165) is 17.1 Å². The van der Waals surface area contributed by atoms with Gasteiger partial charge in [0.2, 0.25) is 0 Å². The van der Waals surface area contributed by atoms with Gasteiger partial charge in [-0.3, -0.25) is 0 Å². The van der Waals surface area contributed by atoms with Crippen LogP contribution in [0.25, 0.3) is 10.9 Å². The van der Waals surface area contributed by atoms with Crippen molar-refractivity contribution in [3.63, 3.8) is 0 Å². The van der Waals surface area contributed by atoms with Gasteiger partial charge in [-0.25, -0.2) is 9.37 Å². The highest BCUT2D eigenvalue weighted by Crippen LogP contribution is 2.29. The second kappa shape index (κ2) is 6.15. The topological polar surface area (TPSA) is 58.3 Å². The smallest absolute Gasteiger partial charge is 0.149 e. The van der Waals surface area contributed by atoms with E-state index in [4.69, 9.17) is 4.42 Å². The Labute approximate surface area is 127 Å². The van der Waals surface area contributed by atoms with E-state index in [1.54, 1.807) is 18.4 Å². The van der Waals surface area contributed by atoms with Crippen molar-refractivity contribution in [1.29, 1.82) is 0 Å². The highest BCUT2D eigenvalue weighted by atomic mass is 19.1. The highest BCUT2D eigenvalue weighted by molar-refractivity contribution is 5.91. The van der Waals surface area contributed by atoms with Crippen molar-refractivity contribution in [2.45, 2.75) is 19.4 Å². The summed E-state index contributed by atoms with van der Waals surface area (Å²) in [6.45, 7) is 1.85. The Bertz CT molecular complexity index is 772. The summed E-state index contributed by atoms with van der Waals surface area (Å²) in [5, 5.41) is 13.3. The Morgan fingerprint density at radius 2 is 2.18 bits per heavy atom. The third-order valence-electron chi connectivity index (χ3n) is 3.55. The number of halogens is 1. The van der Waals surface area contributed by atoms with E-state index in [1.807, 2.05) is 25.1 Å². The van der Waals surface area contributed by atoms with Crippen LogP contribution in [0.5, 0.6) is 0 Å². The number of aliphatic hydroxyl groups is 1.